The smallest absolute Gasteiger partial charge is 0.125 e. The van der Waals surface area contributed by atoms with Gasteiger partial charge < -0.3 is 5.32 Å². The molecule has 0 heterocycles. The lowest BCUT2D eigenvalue weighted by Gasteiger charge is -2.08. The predicted octanol–water partition coefficient (Wildman–Crippen LogP) is 4.24. The predicted molar refractivity (Wildman–Crippen MR) is 72.7 cm³/mol. The van der Waals surface area contributed by atoms with E-state index < -0.39 is 0 Å². The van der Waals surface area contributed by atoms with Gasteiger partial charge in [0.25, 0.3) is 0 Å². The molecule has 17 heavy (non-hydrogen) atoms. The summed E-state index contributed by atoms with van der Waals surface area (Å²) in [6, 6.07) is 14.9. The van der Waals surface area contributed by atoms with Crippen LogP contribution in [0.1, 0.15) is 5.56 Å². The summed E-state index contributed by atoms with van der Waals surface area (Å²) in [6.45, 7) is 0.784. The number of benzene rings is 2. The van der Waals surface area contributed by atoms with Gasteiger partial charge in [0.05, 0.1) is 5.69 Å². The molecule has 0 amide bonds. The molecule has 0 unspecified atom stereocenters. The molecular formula is C14H13BrFN. The van der Waals surface area contributed by atoms with Gasteiger partial charge in [-0.2, -0.15) is 0 Å². The van der Waals surface area contributed by atoms with E-state index >= 15 is 0 Å². The van der Waals surface area contributed by atoms with E-state index in [-0.39, 0.29) is 5.82 Å². The fourth-order valence-corrected chi connectivity index (χ4v) is 2.01. The first-order chi connectivity index (χ1) is 8.25. The highest BCUT2D eigenvalue weighted by atomic mass is 79.9. The Balaban J connectivity index is 1.92. The molecule has 0 aromatic heterocycles. The third-order valence-electron chi connectivity index (χ3n) is 2.50. The normalized spacial score (nSPS) is 10.2. The molecule has 0 aliphatic heterocycles. The minimum absolute atomic E-state index is 0.226. The maximum Gasteiger partial charge on any atom is 0.125 e. The van der Waals surface area contributed by atoms with Gasteiger partial charge in [0.2, 0.25) is 0 Å². The van der Waals surface area contributed by atoms with E-state index in [1.165, 1.54) is 17.7 Å². The molecule has 1 nitrogen and oxygen atoms in total. The SMILES string of the molecule is Fc1ccc(Br)c(NCCc2ccccc2)c1. The van der Waals surface area contributed by atoms with Crippen LogP contribution in [0.5, 0.6) is 0 Å². The van der Waals surface area contributed by atoms with Crippen LogP contribution < -0.4 is 5.32 Å². The van der Waals surface area contributed by atoms with E-state index in [0.29, 0.717) is 0 Å². The lowest BCUT2D eigenvalue weighted by Crippen LogP contribution is -2.05. The Kier molecular flexibility index (Phi) is 4.15. The molecule has 2 aromatic rings. The molecule has 88 valence electrons. The first kappa shape index (κ1) is 12.1. The van der Waals surface area contributed by atoms with Gasteiger partial charge >= 0.3 is 0 Å². The van der Waals surface area contributed by atoms with Gasteiger partial charge in [-0.15, -0.1) is 0 Å². The number of halogens is 2. The Morgan fingerprint density at radius 2 is 1.82 bits per heavy atom. The third-order valence-corrected chi connectivity index (χ3v) is 3.19. The molecule has 2 rings (SSSR count). The Morgan fingerprint density at radius 3 is 2.59 bits per heavy atom. The monoisotopic (exact) mass is 293 g/mol. The molecule has 1 N–H and O–H groups in total. The van der Waals surface area contributed by atoms with Gasteiger partial charge in [0.15, 0.2) is 0 Å². The third kappa shape index (κ3) is 3.56. The Morgan fingerprint density at radius 1 is 1.06 bits per heavy atom. The van der Waals surface area contributed by atoms with Gasteiger partial charge in [-0.1, -0.05) is 30.3 Å². The van der Waals surface area contributed by atoms with Gasteiger partial charge in [-0.05, 0) is 46.1 Å². The highest BCUT2D eigenvalue weighted by molar-refractivity contribution is 9.10. The average Bonchev–Trinajstić information content (AvgIpc) is 2.35. The zero-order valence-corrected chi connectivity index (χ0v) is 10.9. The largest absolute Gasteiger partial charge is 0.384 e. The van der Waals surface area contributed by atoms with Crippen LogP contribution in [-0.4, -0.2) is 6.54 Å². The van der Waals surface area contributed by atoms with E-state index in [9.17, 15) is 4.39 Å². The van der Waals surface area contributed by atoms with Gasteiger partial charge in [0.1, 0.15) is 5.82 Å². The van der Waals surface area contributed by atoms with Gasteiger partial charge in [-0.3, -0.25) is 0 Å². The number of rotatable bonds is 4. The van der Waals surface area contributed by atoms with Crippen molar-refractivity contribution in [3.05, 3.63) is 64.4 Å². The van der Waals surface area contributed by atoms with Crippen LogP contribution in [0.25, 0.3) is 0 Å². The highest BCUT2D eigenvalue weighted by Crippen LogP contribution is 2.22. The summed E-state index contributed by atoms with van der Waals surface area (Å²) < 4.78 is 13.9. The number of anilines is 1. The van der Waals surface area contributed by atoms with Crippen LogP contribution in [0.15, 0.2) is 53.0 Å². The maximum absolute atomic E-state index is 13.0. The standard InChI is InChI=1S/C14H13BrFN/c15-13-7-6-12(16)10-14(13)17-9-8-11-4-2-1-3-5-11/h1-7,10,17H,8-9H2. The Bertz CT molecular complexity index is 485. The average molecular weight is 294 g/mol. The van der Waals surface area contributed by atoms with Crippen molar-refractivity contribution in [2.24, 2.45) is 0 Å². The summed E-state index contributed by atoms with van der Waals surface area (Å²) in [4.78, 5) is 0. The molecule has 0 spiro atoms. The van der Waals surface area contributed by atoms with Gasteiger partial charge in [-0.25, -0.2) is 4.39 Å². The van der Waals surface area contributed by atoms with Crippen molar-refractivity contribution in [2.75, 3.05) is 11.9 Å². The summed E-state index contributed by atoms with van der Waals surface area (Å²) in [5.74, 6) is -0.226. The molecule has 0 atom stereocenters. The fraction of sp³-hybridized carbons (Fsp3) is 0.143. The molecule has 3 heteroatoms. The number of hydrogen-bond acceptors (Lipinski definition) is 1. The summed E-state index contributed by atoms with van der Waals surface area (Å²) in [6.07, 6.45) is 0.920. The molecule has 2 aromatic carbocycles. The molecule has 0 saturated carbocycles. The summed E-state index contributed by atoms with van der Waals surface area (Å²) in [5, 5.41) is 3.22. The lowest BCUT2D eigenvalue weighted by molar-refractivity contribution is 0.628. The molecule has 0 radical (unpaired) electrons. The molecule has 0 aliphatic rings. The van der Waals surface area contributed by atoms with E-state index in [4.69, 9.17) is 0 Å². The zero-order valence-electron chi connectivity index (χ0n) is 9.29. The summed E-state index contributed by atoms with van der Waals surface area (Å²) >= 11 is 3.39. The van der Waals surface area contributed by atoms with Crippen molar-refractivity contribution in [3.8, 4) is 0 Å². The second kappa shape index (κ2) is 5.82. The topological polar surface area (TPSA) is 12.0 Å². The summed E-state index contributed by atoms with van der Waals surface area (Å²) in [5.41, 5.74) is 2.06. The van der Waals surface area contributed by atoms with Crippen LogP contribution in [-0.2, 0) is 6.42 Å². The Labute approximate surface area is 109 Å². The molecule has 0 saturated heterocycles. The van der Waals surface area contributed by atoms with E-state index in [1.807, 2.05) is 18.2 Å². The van der Waals surface area contributed by atoms with E-state index in [2.05, 4.69) is 33.4 Å². The van der Waals surface area contributed by atoms with Crippen molar-refractivity contribution in [1.82, 2.24) is 0 Å². The van der Waals surface area contributed by atoms with Crippen LogP contribution in [0.2, 0.25) is 0 Å². The van der Waals surface area contributed by atoms with Crippen molar-refractivity contribution >= 4 is 21.6 Å². The first-order valence-electron chi connectivity index (χ1n) is 5.48. The summed E-state index contributed by atoms with van der Waals surface area (Å²) in [7, 11) is 0. The molecule has 0 aliphatic carbocycles. The zero-order chi connectivity index (χ0) is 12.1. The molecule has 0 bridgehead atoms. The number of hydrogen-bond donors (Lipinski definition) is 1. The van der Waals surface area contributed by atoms with Crippen molar-refractivity contribution in [3.63, 3.8) is 0 Å². The van der Waals surface area contributed by atoms with Crippen LogP contribution in [0.3, 0.4) is 0 Å². The quantitative estimate of drug-likeness (QED) is 0.889. The van der Waals surface area contributed by atoms with Gasteiger partial charge in [0, 0.05) is 11.0 Å². The van der Waals surface area contributed by atoms with E-state index in [0.717, 1.165) is 23.1 Å². The van der Waals surface area contributed by atoms with Crippen LogP contribution >= 0.6 is 15.9 Å². The van der Waals surface area contributed by atoms with Crippen molar-refractivity contribution < 1.29 is 4.39 Å². The minimum Gasteiger partial charge on any atom is -0.384 e. The second-order valence-corrected chi connectivity index (χ2v) is 4.64. The minimum atomic E-state index is -0.226. The van der Waals surface area contributed by atoms with Crippen molar-refractivity contribution in [1.29, 1.82) is 0 Å². The van der Waals surface area contributed by atoms with Crippen LogP contribution in [0, 0.1) is 5.82 Å². The number of nitrogens with one attached hydrogen (secondary N) is 1. The first-order valence-corrected chi connectivity index (χ1v) is 6.28. The molecule has 0 fully saturated rings. The highest BCUT2D eigenvalue weighted by Gasteiger charge is 2.00. The lowest BCUT2D eigenvalue weighted by atomic mass is 10.1. The van der Waals surface area contributed by atoms with Crippen molar-refractivity contribution in [2.45, 2.75) is 6.42 Å². The fourth-order valence-electron chi connectivity index (χ4n) is 1.62. The second-order valence-electron chi connectivity index (χ2n) is 3.79. The maximum atomic E-state index is 13.0. The Hall–Kier alpha value is -1.35. The molecular weight excluding hydrogens is 281 g/mol. The van der Waals surface area contributed by atoms with E-state index in [1.54, 1.807) is 6.07 Å². The van der Waals surface area contributed by atoms with Crippen LogP contribution in [0.4, 0.5) is 10.1 Å².